The minimum Gasteiger partial charge on any atom is -0.481 e. The van der Waals surface area contributed by atoms with Crippen molar-refractivity contribution in [2.45, 2.75) is 160 Å². The highest BCUT2D eigenvalue weighted by molar-refractivity contribution is 5.76. The standard InChI is InChI=1S/C29H49NO2.3C2H6/c1-18(30)19-10-15-29(24(31)32)17-16-27(5)20(23(19)29)8-9-22-26(4)13-7-12-25(2,3)21(26)11-14-28(22,27)6;3*1-2/h18-23H,7-17,30H2,1-6H3,(H,31,32);3*1-2H3/t18-,19?,20?,21?,22?,23?,26?,27+,28?,29?;;;/m0.../s1. The van der Waals surface area contributed by atoms with Crippen LogP contribution in [0.1, 0.15) is 154 Å². The normalized spacial score (nSPS) is 46.9. The van der Waals surface area contributed by atoms with E-state index in [0.717, 1.165) is 37.5 Å². The van der Waals surface area contributed by atoms with Crippen molar-refractivity contribution in [3.63, 3.8) is 0 Å². The highest BCUT2D eigenvalue weighted by atomic mass is 16.4. The lowest BCUT2D eigenvalue weighted by atomic mass is 9.32. The molecule has 3 heteroatoms. The first-order valence-corrected chi connectivity index (χ1v) is 16.8. The van der Waals surface area contributed by atoms with Crippen molar-refractivity contribution in [2.24, 2.45) is 62.4 Å². The number of carbonyl (C=O) groups is 1. The van der Waals surface area contributed by atoms with Crippen molar-refractivity contribution >= 4 is 5.97 Å². The van der Waals surface area contributed by atoms with E-state index in [2.05, 4.69) is 41.5 Å². The Morgan fingerprint density at radius 1 is 0.737 bits per heavy atom. The molecule has 10 atom stereocenters. The second-order valence-corrected chi connectivity index (χ2v) is 14.6. The maximum Gasteiger partial charge on any atom is 0.309 e. The van der Waals surface area contributed by atoms with Crippen LogP contribution in [0.25, 0.3) is 0 Å². The molecule has 3 nitrogen and oxygen atoms in total. The van der Waals surface area contributed by atoms with Gasteiger partial charge in [-0.25, -0.2) is 0 Å². The summed E-state index contributed by atoms with van der Waals surface area (Å²) in [5, 5.41) is 10.5. The van der Waals surface area contributed by atoms with E-state index in [0.29, 0.717) is 28.1 Å². The fraction of sp³-hybridized carbons (Fsp3) is 0.971. The molecule has 0 heterocycles. The zero-order valence-electron chi connectivity index (χ0n) is 27.7. The molecule has 38 heavy (non-hydrogen) atoms. The van der Waals surface area contributed by atoms with Crippen molar-refractivity contribution in [3.8, 4) is 0 Å². The molecule has 0 aromatic rings. The SMILES string of the molecule is CC.CC.CC.C[C@H](N)C1CCC2(C(=O)O)CC[C@]3(C)C(CCC4C5(C)CCCC(C)(C)C5CCC43C)C12. The molecule has 5 fully saturated rings. The summed E-state index contributed by atoms with van der Waals surface area (Å²) in [7, 11) is 0. The molecule has 0 aromatic heterocycles. The van der Waals surface area contributed by atoms with Gasteiger partial charge in [-0.1, -0.05) is 82.6 Å². The molecule has 5 aliphatic rings. The lowest BCUT2D eigenvalue weighted by Crippen LogP contribution is -2.66. The first kappa shape index (κ1) is 33.6. The molecule has 3 N–H and O–H groups in total. The topological polar surface area (TPSA) is 63.3 Å². The first-order valence-electron chi connectivity index (χ1n) is 16.8. The van der Waals surface area contributed by atoms with E-state index in [9.17, 15) is 9.90 Å². The molecule has 0 spiro atoms. The summed E-state index contributed by atoms with van der Waals surface area (Å²) in [4.78, 5) is 12.7. The Labute approximate surface area is 237 Å². The van der Waals surface area contributed by atoms with Crippen LogP contribution < -0.4 is 5.73 Å². The van der Waals surface area contributed by atoms with Gasteiger partial charge in [-0.15, -0.1) is 0 Å². The van der Waals surface area contributed by atoms with Gasteiger partial charge >= 0.3 is 5.97 Å². The molecule has 5 aliphatic carbocycles. The van der Waals surface area contributed by atoms with Crippen LogP contribution in [0.5, 0.6) is 0 Å². The van der Waals surface area contributed by atoms with Crippen molar-refractivity contribution in [1.29, 1.82) is 0 Å². The number of fused-ring (bicyclic) bond motifs is 7. The van der Waals surface area contributed by atoms with Gasteiger partial charge < -0.3 is 10.8 Å². The quantitative estimate of drug-likeness (QED) is 0.371. The van der Waals surface area contributed by atoms with Gasteiger partial charge in [0.2, 0.25) is 0 Å². The van der Waals surface area contributed by atoms with Gasteiger partial charge in [0.25, 0.3) is 0 Å². The van der Waals surface area contributed by atoms with E-state index in [-0.39, 0.29) is 17.4 Å². The van der Waals surface area contributed by atoms with E-state index >= 15 is 0 Å². The van der Waals surface area contributed by atoms with Crippen molar-refractivity contribution in [1.82, 2.24) is 0 Å². The average Bonchev–Trinajstić information content (AvgIpc) is 3.29. The van der Waals surface area contributed by atoms with Gasteiger partial charge in [0.05, 0.1) is 5.41 Å². The Morgan fingerprint density at radius 2 is 1.34 bits per heavy atom. The highest BCUT2D eigenvalue weighted by Crippen LogP contribution is 2.77. The molecule has 0 amide bonds. The molecule has 0 saturated heterocycles. The minimum atomic E-state index is -0.523. The molecule has 0 bridgehead atoms. The predicted octanol–water partition coefficient (Wildman–Crippen LogP) is 9.97. The number of aliphatic carboxylic acids is 1. The fourth-order valence-corrected chi connectivity index (χ4v) is 11.7. The first-order chi connectivity index (χ1) is 17.8. The Hall–Kier alpha value is -0.570. The van der Waals surface area contributed by atoms with Gasteiger partial charge in [0, 0.05) is 6.04 Å². The van der Waals surface area contributed by atoms with E-state index in [1.165, 1.54) is 44.9 Å². The van der Waals surface area contributed by atoms with Crippen LogP contribution in [0, 0.1) is 56.7 Å². The third-order valence-corrected chi connectivity index (χ3v) is 13.3. The van der Waals surface area contributed by atoms with Crippen LogP contribution in [0.3, 0.4) is 0 Å². The molecule has 0 aliphatic heterocycles. The maximum atomic E-state index is 12.7. The highest BCUT2D eigenvalue weighted by Gasteiger charge is 2.71. The molecule has 0 aromatic carbocycles. The number of rotatable bonds is 2. The number of nitrogens with two attached hydrogens (primary N) is 1. The Morgan fingerprint density at radius 3 is 1.89 bits per heavy atom. The fourth-order valence-electron chi connectivity index (χ4n) is 11.7. The van der Waals surface area contributed by atoms with Crippen LogP contribution in [0.15, 0.2) is 0 Å². The Balaban J connectivity index is 0.000000791. The molecular formula is C35H67NO2. The second-order valence-electron chi connectivity index (χ2n) is 14.6. The second kappa shape index (κ2) is 12.1. The van der Waals surface area contributed by atoms with E-state index in [1.807, 2.05) is 41.5 Å². The smallest absolute Gasteiger partial charge is 0.309 e. The largest absolute Gasteiger partial charge is 0.481 e. The van der Waals surface area contributed by atoms with E-state index < -0.39 is 11.4 Å². The summed E-state index contributed by atoms with van der Waals surface area (Å²) in [5.74, 6) is 2.25. The van der Waals surface area contributed by atoms with Crippen LogP contribution in [-0.4, -0.2) is 17.1 Å². The van der Waals surface area contributed by atoms with E-state index in [4.69, 9.17) is 5.73 Å². The lowest BCUT2D eigenvalue weighted by molar-refractivity contribution is -0.239. The predicted molar refractivity (Wildman–Crippen MR) is 164 cm³/mol. The minimum absolute atomic E-state index is 0.0986. The third kappa shape index (κ3) is 4.71. The summed E-state index contributed by atoms with van der Waals surface area (Å²) in [6.07, 6.45) is 13.2. The van der Waals surface area contributed by atoms with Crippen LogP contribution in [0.4, 0.5) is 0 Å². The molecule has 5 saturated carbocycles. The number of carboxylic acids is 1. The number of hydrogen-bond donors (Lipinski definition) is 2. The van der Waals surface area contributed by atoms with Crippen molar-refractivity contribution < 1.29 is 9.90 Å². The van der Waals surface area contributed by atoms with Gasteiger partial charge in [0.1, 0.15) is 0 Å². The number of hydrogen-bond acceptors (Lipinski definition) is 2. The third-order valence-electron chi connectivity index (χ3n) is 13.3. The average molecular weight is 534 g/mol. The van der Waals surface area contributed by atoms with Gasteiger partial charge in [-0.2, -0.15) is 0 Å². The van der Waals surface area contributed by atoms with Gasteiger partial charge in [-0.05, 0) is 122 Å². The lowest BCUT2D eigenvalue weighted by Gasteiger charge is -2.72. The van der Waals surface area contributed by atoms with Crippen molar-refractivity contribution in [2.75, 3.05) is 0 Å². The number of carboxylic acid groups (broad SMARTS) is 1. The zero-order chi connectivity index (χ0) is 29.3. The molecule has 0 radical (unpaired) electrons. The summed E-state index contributed by atoms with van der Waals surface area (Å²) in [5.41, 5.74) is 7.50. The monoisotopic (exact) mass is 534 g/mol. The van der Waals surface area contributed by atoms with Gasteiger partial charge in [0.15, 0.2) is 0 Å². The van der Waals surface area contributed by atoms with Crippen LogP contribution in [-0.2, 0) is 4.79 Å². The van der Waals surface area contributed by atoms with Gasteiger partial charge in [-0.3, -0.25) is 4.79 Å². The maximum absolute atomic E-state index is 12.7. The molecule has 8 unspecified atom stereocenters. The van der Waals surface area contributed by atoms with Crippen molar-refractivity contribution in [3.05, 3.63) is 0 Å². The molecule has 5 rings (SSSR count). The molecule has 224 valence electrons. The van der Waals surface area contributed by atoms with E-state index in [1.54, 1.807) is 0 Å². The van der Waals surface area contributed by atoms with Crippen LogP contribution >= 0.6 is 0 Å². The van der Waals surface area contributed by atoms with Crippen LogP contribution in [0.2, 0.25) is 0 Å². The summed E-state index contributed by atoms with van der Waals surface area (Å²) in [6.45, 7) is 27.1. The Kier molecular flexibility index (Phi) is 10.7. The summed E-state index contributed by atoms with van der Waals surface area (Å²) in [6, 6.07) is 0.0986. The Bertz CT molecular complexity index is 791. The summed E-state index contributed by atoms with van der Waals surface area (Å²) < 4.78 is 0. The summed E-state index contributed by atoms with van der Waals surface area (Å²) >= 11 is 0. The molecular weight excluding hydrogens is 466 g/mol. The zero-order valence-corrected chi connectivity index (χ0v) is 27.7.